The summed E-state index contributed by atoms with van der Waals surface area (Å²) in [6.07, 6.45) is 0. The highest BCUT2D eigenvalue weighted by molar-refractivity contribution is 7.81. The predicted octanol–water partition coefficient (Wildman–Crippen LogP) is 3.03. The second kappa shape index (κ2) is 3.88. The van der Waals surface area contributed by atoms with Crippen LogP contribution in [0.4, 0.5) is 5.69 Å². The third kappa shape index (κ3) is 2.64. The molecular formula is C8H10ClNS. The molecule has 0 saturated heterocycles. The summed E-state index contributed by atoms with van der Waals surface area (Å²) in [5, 5.41) is 3.96. The van der Waals surface area contributed by atoms with Crippen molar-refractivity contribution in [2.45, 2.75) is 12.3 Å². The Hall–Kier alpha value is -0.340. The Morgan fingerprint density at radius 2 is 2.09 bits per heavy atom. The third-order valence-corrected chi connectivity index (χ3v) is 1.70. The number of halogens is 1. The van der Waals surface area contributed by atoms with Crippen LogP contribution < -0.4 is 5.32 Å². The lowest BCUT2D eigenvalue weighted by atomic mass is 10.3. The Balaban J connectivity index is 2.78. The molecule has 1 aromatic rings. The summed E-state index contributed by atoms with van der Waals surface area (Å²) in [6.45, 7) is 1.95. The van der Waals surface area contributed by atoms with Gasteiger partial charge in [0.1, 0.15) is 0 Å². The Morgan fingerprint density at radius 1 is 1.45 bits per heavy atom. The summed E-state index contributed by atoms with van der Waals surface area (Å²) >= 11 is 10.1. The van der Waals surface area contributed by atoms with Crippen LogP contribution in [0.25, 0.3) is 0 Å². The normalized spacial score (nSPS) is 12.6. The van der Waals surface area contributed by atoms with Gasteiger partial charge in [0.05, 0.1) is 16.1 Å². The zero-order chi connectivity index (χ0) is 8.27. The van der Waals surface area contributed by atoms with Gasteiger partial charge < -0.3 is 5.32 Å². The highest BCUT2D eigenvalue weighted by atomic mass is 35.5. The quantitative estimate of drug-likeness (QED) is 0.536. The van der Waals surface area contributed by atoms with Gasteiger partial charge in [0.15, 0.2) is 0 Å². The first-order valence-electron chi connectivity index (χ1n) is 3.39. The van der Waals surface area contributed by atoms with Crippen molar-refractivity contribution in [3.05, 3.63) is 29.3 Å². The van der Waals surface area contributed by atoms with Crippen molar-refractivity contribution >= 4 is 29.9 Å². The molecule has 0 aromatic heterocycles. The van der Waals surface area contributed by atoms with Gasteiger partial charge in [-0.1, -0.05) is 23.7 Å². The number of para-hydroxylation sites is 1. The second-order valence-electron chi connectivity index (χ2n) is 2.30. The minimum atomic E-state index is 0.120. The molecule has 1 atom stereocenters. The van der Waals surface area contributed by atoms with Gasteiger partial charge in [0, 0.05) is 0 Å². The largest absolute Gasteiger partial charge is 0.373 e. The van der Waals surface area contributed by atoms with Crippen LogP contribution in [-0.2, 0) is 0 Å². The fourth-order valence-electron chi connectivity index (χ4n) is 0.803. The predicted molar refractivity (Wildman–Crippen MR) is 53.5 cm³/mol. The number of nitrogens with one attached hydrogen (secondary N) is 1. The van der Waals surface area contributed by atoms with Crippen LogP contribution >= 0.6 is 24.2 Å². The summed E-state index contributed by atoms with van der Waals surface area (Å²) in [5.41, 5.74) is 0.927. The smallest absolute Gasteiger partial charge is 0.0665 e. The van der Waals surface area contributed by atoms with Crippen LogP contribution in [-0.4, -0.2) is 5.37 Å². The van der Waals surface area contributed by atoms with E-state index in [2.05, 4.69) is 17.9 Å². The fraction of sp³-hybridized carbons (Fsp3) is 0.250. The first-order chi connectivity index (χ1) is 5.20. The second-order valence-corrected chi connectivity index (χ2v) is 3.48. The van der Waals surface area contributed by atoms with E-state index in [4.69, 9.17) is 11.6 Å². The number of hydrogen-bond donors (Lipinski definition) is 2. The standard InChI is InChI=1S/C8H10ClNS/c1-6(11)10-8-5-3-2-4-7(8)9/h2-6,10-11H,1H3. The first-order valence-corrected chi connectivity index (χ1v) is 4.28. The van der Waals surface area contributed by atoms with Gasteiger partial charge in [-0.15, -0.1) is 0 Å². The SMILES string of the molecule is CC(S)Nc1ccccc1Cl. The van der Waals surface area contributed by atoms with Gasteiger partial charge in [-0.05, 0) is 19.1 Å². The number of anilines is 1. The van der Waals surface area contributed by atoms with E-state index in [0.717, 1.165) is 10.7 Å². The molecule has 0 spiro atoms. The molecule has 60 valence electrons. The van der Waals surface area contributed by atoms with E-state index in [0.29, 0.717) is 0 Å². The molecule has 1 rings (SSSR count). The van der Waals surface area contributed by atoms with E-state index < -0.39 is 0 Å². The van der Waals surface area contributed by atoms with Gasteiger partial charge in [0.25, 0.3) is 0 Å². The lowest BCUT2D eigenvalue weighted by Crippen LogP contribution is -2.06. The van der Waals surface area contributed by atoms with Crippen molar-refractivity contribution in [2.24, 2.45) is 0 Å². The molecule has 1 unspecified atom stereocenters. The van der Waals surface area contributed by atoms with Gasteiger partial charge in [-0.2, -0.15) is 12.6 Å². The Labute approximate surface area is 77.2 Å². The monoisotopic (exact) mass is 187 g/mol. The van der Waals surface area contributed by atoms with E-state index in [1.807, 2.05) is 31.2 Å². The topological polar surface area (TPSA) is 12.0 Å². The molecule has 0 aliphatic carbocycles. The molecule has 0 saturated carbocycles. The highest BCUT2D eigenvalue weighted by Crippen LogP contribution is 2.21. The molecule has 1 nitrogen and oxygen atoms in total. The lowest BCUT2D eigenvalue weighted by Gasteiger charge is -2.09. The number of hydrogen-bond acceptors (Lipinski definition) is 2. The average molecular weight is 188 g/mol. The molecule has 0 amide bonds. The molecule has 0 radical (unpaired) electrons. The maximum absolute atomic E-state index is 5.87. The molecule has 0 aliphatic heterocycles. The van der Waals surface area contributed by atoms with E-state index in [-0.39, 0.29) is 5.37 Å². The van der Waals surface area contributed by atoms with Gasteiger partial charge in [-0.25, -0.2) is 0 Å². The first kappa shape index (κ1) is 8.75. The summed E-state index contributed by atoms with van der Waals surface area (Å²) in [4.78, 5) is 0. The lowest BCUT2D eigenvalue weighted by molar-refractivity contribution is 1.14. The minimum Gasteiger partial charge on any atom is -0.373 e. The van der Waals surface area contributed by atoms with Crippen molar-refractivity contribution in [3.63, 3.8) is 0 Å². The van der Waals surface area contributed by atoms with E-state index in [1.165, 1.54) is 0 Å². The zero-order valence-electron chi connectivity index (χ0n) is 6.21. The van der Waals surface area contributed by atoms with Crippen molar-refractivity contribution in [1.29, 1.82) is 0 Å². The Bertz CT molecular complexity index is 237. The highest BCUT2D eigenvalue weighted by Gasteiger charge is 1.98. The Morgan fingerprint density at radius 3 is 2.64 bits per heavy atom. The Kier molecular flexibility index (Phi) is 3.09. The molecule has 0 bridgehead atoms. The molecule has 1 N–H and O–H groups in total. The van der Waals surface area contributed by atoms with Crippen molar-refractivity contribution in [2.75, 3.05) is 5.32 Å². The number of benzene rings is 1. The van der Waals surface area contributed by atoms with E-state index >= 15 is 0 Å². The summed E-state index contributed by atoms with van der Waals surface area (Å²) < 4.78 is 0. The van der Waals surface area contributed by atoms with E-state index in [9.17, 15) is 0 Å². The maximum Gasteiger partial charge on any atom is 0.0665 e. The summed E-state index contributed by atoms with van der Waals surface area (Å²) in [6, 6.07) is 7.61. The van der Waals surface area contributed by atoms with Crippen LogP contribution in [0.1, 0.15) is 6.92 Å². The number of thiol groups is 1. The van der Waals surface area contributed by atoms with Crippen molar-refractivity contribution in [1.82, 2.24) is 0 Å². The van der Waals surface area contributed by atoms with Crippen LogP contribution in [0.5, 0.6) is 0 Å². The third-order valence-electron chi connectivity index (χ3n) is 1.24. The van der Waals surface area contributed by atoms with Crippen LogP contribution in [0.3, 0.4) is 0 Å². The molecule has 0 fully saturated rings. The van der Waals surface area contributed by atoms with Crippen LogP contribution in [0.15, 0.2) is 24.3 Å². The summed E-state index contributed by atoms with van der Waals surface area (Å²) in [5.74, 6) is 0. The summed E-state index contributed by atoms with van der Waals surface area (Å²) in [7, 11) is 0. The van der Waals surface area contributed by atoms with Crippen LogP contribution in [0.2, 0.25) is 5.02 Å². The van der Waals surface area contributed by atoms with Gasteiger partial charge in [-0.3, -0.25) is 0 Å². The average Bonchev–Trinajstić information content (AvgIpc) is 1.93. The van der Waals surface area contributed by atoms with Gasteiger partial charge >= 0.3 is 0 Å². The molecule has 3 heteroatoms. The molecular weight excluding hydrogens is 178 g/mol. The molecule has 1 aromatic carbocycles. The molecule has 0 heterocycles. The maximum atomic E-state index is 5.87. The fourth-order valence-corrected chi connectivity index (χ4v) is 1.13. The molecule has 11 heavy (non-hydrogen) atoms. The number of rotatable bonds is 2. The van der Waals surface area contributed by atoms with Crippen molar-refractivity contribution < 1.29 is 0 Å². The van der Waals surface area contributed by atoms with Crippen molar-refractivity contribution in [3.8, 4) is 0 Å². The van der Waals surface area contributed by atoms with Crippen LogP contribution in [0, 0.1) is 0 Å². The van der Waals surface area contributed by atoms with E-state index in [1.54, 1.807) is 0 Å². The minimum absolute atomic E-state index is 0.120. The molecule has 0 aliphatic rings. The zero-order valence-corrected chi connectivity index (χ0v) is 7.86. The van der Waals surface area contributed by atoms with Gasteiger partial charge in [0.2, 0.25) is 0 Å².